The van der Waals surface area contributed by atoms with E-state index >= 15 is 0 Å². The van der Waals surface area contributed by atoms with Crippen LogP contribution >= 0.6 is 0 Å². The molecule has 1 atom stereocenters. The Bertz CT molecular complexity index is 2240. The molecule has 0 radical (unpaired) electrons. The third kappa shape index (κ3) is 9.96. The Morgan fingerprint density at radius 1 is 0.949 bits per heavy atom. The third-order valence-corrected chi connectivity index (χ3v) is 10.6. The molecule has 1 aliphatic carbocycles. The number of fused-ring (bicyclic) bond motifs is 2. The number of imide groups is 2. The van der Waals surface area contributed by atoms with Crippen molar-refractivity contribution < 1.29 is 42.3 Å². The smallest absolute Gasteiger partial charge is 0.386 e. The van der Waals surface area contributed by atoms with Gasteiger partial charge in [-0.1, -0.05) is 31.4 Å². The summed E-state index contributed by atoms with van der Waals surface area (Å²) >= 11 is 0. The fourth-order valence-electron chi connectivity index (χ4n) is 7.58. The molecular formula is C42H49F3N8O6. The predicted molar refractivity (Wildman–Crippen MR) is 214 cm³/mol. The Labute approximate surface area is 339 Å². The van der Waals surface area contributed by atoms with Crippen LogP contribution in [0, 0.1) is 0 Å². The number of hydrogen-bond donors (Lipinski definition) is 4. The van der Waals surface area contributed by atoms with Crippen LogP contribution in [0.3, 0.4) is 0 Å². The maximum Gasteiger partial charge on any atom is 0.433 e. The standard InChI is InChI=1S/C23H25F3N4O2.C19H24N4O4/c1-22(2,32)16-12-18-14(13-30(29-18)15-7-4-3-5-8-15)11-19(16)28-21(31)17-9-6-10-20(27-17)23(24,25)26;1-22(2)11-4-3-10-20-13-7-5-6-12-16(13)19(27)23(18(12)26)14-8-9-15(24)21-17(14)25/h6,9-13,15,32H,3-5,7-8H2,1-2H3,(H,28,31);5-7,14,20H,3-4,8-11H2,1-2H3,(H,21,24,25). The number of amides is 5. The van der Waals surface area contributed by atoms with Crippen molar-refractivity contribution in [1.82, 2.24) is 29.9 Å². The average molecular weight is 819 g/mol. The normalized spacial score (nSPS) is 17.5. The van der Waals surface area contributed by atoms with Gasteiger partial charge in [-0.05, 0) is 103 Å². The monoisotopic (exact) mass is 818 g/mol. The topological polar surface area (TPSA) is 179 Å². The molecule has 1 saturated carbocycles. The molecule has 0 bridgehead atoms. The van der Waals surface area contributed by atoms with Crippen molar-refractivity contribution in [2.75, 3.05) is 37.8 Å². The zero-order valence-electron chi connectivity index (χ0n) is 33.5. The Balaban J connectivity index is 0.000000201. The van der Waals surface area contributed by atoms with Crippen LogP contribution in [0.15, 0.2) is 54.7 Å². The molecule has 1 unspecified atom stereocenters. The van der Waals surface area contributed by atoms with Gasteiger partial charge in [-0.25, -0.2) is 4.98 Å². The van der Waals surface area contributed by atoms with Crippen molar-refractivity contribution in [1.29, 1.82) is 0 Å². The van der Waals surface area contributed by atoms with Crippen molar-refractivity contribution in [3.63, 3.8) is 0 Å². The van der Waals surface area contributed by atoms with Gasteiger partial charge in [-0.3, -0.25) is 38.9 Å². The van der Waals surface area contributed by atoms with E-state index in [-0.39, 0.29) is 24.4 Å². The van der Waals surface area contributed by atoms with Crippen LogP contribution in [-0.2, 0) is 21.4 Å². The van der Waals surface area contributed by atoms with Crippen LogP contribution in [0.5, 0.6) is 0 Å². The molecule has 1 saturated heterocycles. The SMILES string of the molecule is CC(C)(O)c1cc2nn(C3CCCCC3)cc2cc1NC(=O)c1cccc(C(F)(F)F)n1.CN(C)CCCCNc1cccc2c1C(=O)N(C1CCC(=O)NC1=O)C2=O. The number of anilines is 2. The highest BCUT2D eigenvalue weighted by atomic mass is 19.4. The summed E-state index contributed by atoms with van der Waals surface area (Å²) in [4.78, 5) is 68.4. The van der Waals surface area contributed by atoms with E-state index in [1.54, 1.807) is 44.2 Å². The van der Waals surface area contributed by atoms with Crippen molar-refractivity contribution in [2.45, 2.75) is 95.5 Å². The first-order chi connectivity index (χ1) is 27.9. The lowest BCUT2D eigenvalue weighted by Crippen LogP contribution is -2.54. The second kappa shape index (κ2) is 17.7. The van der Waals surface area contributed by atoms with E-state index < -0.39 is 47.1 Å². The first kappa shape index (κ1) is 42.9. The highest BCUT2D eigenvalue weighted by molar-refractivity contribution is 6.25. The Morgan fingerprint density at radius 2 is 1.68 bits per heavy atom. The molecule has 2 aromatic heterocycles. The molecule has 17 heteroatoms. The third-order valence-electron chi connectivity index (χ3n) is 10.6. The van der Waals surface area contributed by atoms with E-state index in [9.17, 15) is 42.3 Å². The molecule has 2 aromatic carbocycles. The average Bonchev–Trinajstić information content (AvgIpc) is 3.72. The van der Waals surface area contributed by atoms with Crippen LogP contribution in [0.2, 0.25) is 0 Å². The molecule has 14 nitrogen and oxygen atoms in total. The van der Waals surface area contributed by atoms with Gasteiger partial charge in [0.1, 0.15) is 17.4 Å². The van der Waals surface area contributed by atoms with Gasteiger partial charge in [-0.2, -0.15) is 18.3 Å². The van der Waals surface area contributed by atoms with Crippen molar-refractivity contribution in [3.8, 4) is 0 Å². The first-order valence-corrected chi connectivity index (χ1v) is 19.8. The number of hydrogen-bond acceptors (Lipinski definition) is 10. The molecule has 2 aliphatic heterocycles. The summed E-state index contributed by atoms with van der Waals surface area (Å²) in [6.45, 7) is 4.81. The molecule has 59 heavy (non-hydrogen) atoms. The van der Waals surface area contributed by atoms with Crippen LogP contribution in [0.25, 0.3) is 10.9 Å². The minimum Gasteiger partial charge on any atom is -0.386 e. The number of unbranched alkanes of at least 4 members (excludes halogenated alkanes) is 1. The highest BCUT2D eigenvalue weighted by Gasteiger charge is 2.45. The molecule has 4 heterocycles. The number of aromatic nitrogens is 3. The zero-order chi connectivity index (χ0) is 42.6. The number of nitrogens with zero attached hydrogens (tertiary/aromatic N) is 5. The number of pyridine rings is 1. The second-order valence-electron chi connectivity index (χ2n) is 15.9. The van der Waals surface area contributed by atoms with Crippen molar-refractivity contribution in [2.24, 2.45) is 0 Å². The number of alkyl halides is 3. The first-order valence-electron chi connectivity index (χ1n) is 19.8. The van der Waals surface area contributed by atoms with Gasteiger partial charge in [0.15, 0.2) is 0 Å². The van der Waals surface area contributed by atoms with Gasteiger partial charge in [0.05, 0.1) is 28.3 Å². The molecular weight excluding hydrogens is 770 g/mol. The lowest BCUT2D eigenvalue weighted by atomic mass is 9.95. The Kier molecular flexibility index (Phi) is 12.8. The minimum absolute atomic E-state index is 0.112. The summed E-state index contributed by atoms with van der Waals surface area (Å²) in [7, 11) is 4.04. The number of nitrogens with one attached hydrogen (secondary N) is 3. The van der Waals surface area contributed by atoms with Gasteiger partial charge in [0.2, 0.25) is 11.8 Å². The number of halogens is 3. The van der Waals surface area contributed by atoms with Gasteiger partial charge in [-0.15, -0.1) is 0 Å². The fraction of sp³-hybridized carbons (Fsp3) is 0.452. The van der Waals surface area contributed by atoms with Crippen LogP contribution in [0.1, 0.15) is 120 Å². The predicted octanol–water partition coefficient (Wildman–Crippen LogP) is 6.28. The van der Waals surface area contributed by atoms with Crippen LogP contribution in [0.4, 0.5) is 24.5 Å². The molecule has 4 aromatic rings. The number of carbonyl (C=O) groups excluding carboxylic acids is 5. The maximum absolute atomic E-state index is 13.0. The molecule has 3 aliphatic rings. The second-order valence-corrected chi connectivity index (χ2v) is 15.9. The molecule has 7 rings (SSSR count). The lowest BCUT2D eigenvalue weighted by molar-refractivity contribution is -0.141. The molecule has 5 amide bonds. The van der Waals surface area contributed by atoms with Gasteiger partial charge in [0.25, 0.3) is 17.7 Å². The van der Waals surface area contributed by atoms with E-state index in [4.69, 9.17) is 0 Å². The lowest BCUT2D eigenvalue weighted by Gasteiger charge is -2.27. The van der Waals surface area contributed by atoms with Crippen molar-refractivity contribution >= 4 is 51.8 Å². The molecule has 4 N–H and O–H groups in total. The number of rotatable bonds is 11. The van der Waals surface area contributed by atoms with E-state index in [0.717, 1.165) is 67.5 Å². The van der Waals surface area contributed by atoms with Crippen LogP contribution < -0.4 is 16.0 Å². The van der Waals surface area contributed by atoms with E-state index in [2.05, 4.69) is 30.9 Å². The summed E-state index contributed by atoms with van der Waals surface area (Å²) in [6, 6.07) is 11.0. The number of piperidine rings is 1. The minimum atomic E-state index is -4.65. The van der Waals surface area contributed by atoms with Gasteiger partial charge >= 0.3 is 6.18 Å². The summed E-state index contributed by atoms with van der Waals surface area (Å²) in [5, 5.41) is 24.2. The summed E-state index contributed by atoms with van der Waals surface area (Å²) < 4.78 is 40.9. The summed E-state index contributed by atoms with van der Waals surface area (Å²) in [6.07, 6.45) is 5.12. The quantitative estimate of drug-likeness (QED) is 0.0995. The zero-order valence-corrected chi connectivity index (χ0v) is 33.5. The van der Waals surface area contributed by atoms with Gasteiger partial charge in [0, 0.05) is 41.5 Å². The number of benzene rings is 2. The highest BCUT2D eigenvalue weighted by Crippen LogP contribution is 2.36. The fourth-order valence-corrected chi connectivity index (χ4v) is 7.58. The van der Waals surface area contributed by atoms with Crippen LogP contribution in [-0.4, -0.2) is 92.4 Å². The Hall–Kier alpha value is -5.68. The van der Waals surface area contributed by atoms with E-state index in [1.165, 1.54) is 12.5 Å². The Morgan fingerprint density at radius 3 is 2.36 bits per heavy atom. The summed E-state index contributed by atoms with van der Waals surface area (Å²) in [5.74, 6) is -2.74. The number of aliphatic hydroxyl groups is 1. The van der Waals surface area contributed by atoms with E-state index in [1.807, 2.05) is 25.0 Å². The van der Waals surface area contributed by atoms with E-state index in [0.29, 0.717) is 46.2 Å². The van der Waals surface area contributed by atoms with Crippen molar-refractivity contribution in [3.05, 3.63) is 82.8 Å². The number of carbonyl (C=O) groups is 5. The molecule has 2 fully saturated rings. The molecule has 0 spiro atoms. The largest absolute Gasteiger partial charge is 0.433 e. The maximum atomic E-state index is 13.0. The molecule has 314 valence electrons. The van der Waals surface area contributed by atoms with Gasteiger partial charge < -0.3 is 20.6 Å². The summed E-state index contributed by atoms with van der Waals surface area (Å²) in [5.41, 5.74) is -0.212.